The van der Waals surface area contributed by atoms with Crippen molar-refractivity contribution in [3.8, 4) is 11.5 Å². The minimum atomic E-state index is -0.887. The lowest BCUT2D eigenvalue weighted by molar-refractivity contribution is -0.200. The molecule has 2 unspecified atom stereocenters. The number of likely N-dealkylation sites (tertiary alicyclic amines) is 2. The van der Waals surface area contributed by atoms with E-state index in [2.05, 4.69) is 65.3 Å². The lowest BCUT2D eigenvalue weighted by atomic mass is 9.48. The van der Waals surface area contributed by atoms with Gasteiger partial charge in [0.25, 0.3) is 0 Å². The van der Waals surface area contributed by atoms with Crippen LogP contribution in [0.15, 0.2) is 66.7 Å². The number of piperidine rings is 1. The standard InChI is InChI=1S/C39H44N2O4/c1-25-7-9-26(10-8-25)21-30-16-19-41(37(30)42)31-15-17-39(43)33-22-29-13-14-32(44-24-28-5-3-2-4-6-28)35-34(29)38(39,36(31)45-35)18-20-40(33)23-27-11-12-27/h2-10,13-14,27,30-31,33,36,43H,11-12,15-24H2,1H3/t30?,31-,33+,36-,38-,39?/m0/s1. The fourth-order valence-electron chi connectivity index (χ4n) is 9.90. The first kappa shape index (κ1) is 27.9. The Hall–Kier alpha value is -3.35. The number of rotatable bonds is 8. The second kappa shape index (κ2) is 10.3. The summed E-state index contributed by atoms with van der Waals surface area (Å²) < 4.78 is 13.6. The molecule has 3 aliphatic heterocycles. The molecule has 6 atom stereocenters. The lowest BCUT2D eigenvalue weighted by Gasteiger charge is -2.64. The summed E-state index contributed by atoms with van der Waals surface area (Å²) in [7, 11) is 0. The molecule has 9 rings (SSSR count). The monoisotopic (exact) mass is 604 g/mol. The van der Waals surface area contributed by atoms with Gasteiger partial charge in [-0.2, -0.15) is 0 Å². The fraction of sp³-hybridized carbons (Fsp3) is 0.513. The molecular formula is C39H44N2O4. The highest BCUT2D eigenvalue weighted by Gasteiger charge is 2.73. The molecule has 6 heteroatoms. The fourth-order valence-corrected chi connectivity index (χ4v) is 9.90. The van der Waals surface area contributed by atoms with E-state index in [1.807, 2.05) is 18.2 Å². The van der Waals surface area contributed by atoms with E-state index in [9.17, 15) is 9.90 Å². The van der Waals surface area contributed by atoms with Gasteiger partial charge in [0.15, 0.2) is 11.5 Å². The van der Waals surface area contributed by atoms with Gasteiger partial charge in [0.1, 0.15) is 12.7 Å². The average molecular weight is 605 g/mol. The molecule has 2 saturated heterocycles. The smallest absolute Gasteiger partial charge is 0.226 e. The summed E-state index contributed by atoms with van der Waals surface area (Å²) >= 11 is 0. The predicted octanol–water partition coefficient (Wildman–Crippen LogP) is 5.60. The van der Waals surface area contributed by atoms with Crippen molar-refractivity contribution in [2.24, 2.45) is 11.8 Å². The Balaban J connectivity index is 1.07. The molecule has 3 aromatic rings. The molecule has 1 spiro atoms. The first-order chi connectivity index (χ1) is 21.9. The van der Waals surface area contributed by atoms with Gasteiger partial charge in [-0.1, -0.05) is 66.2 Å². The van der Waals surface area contributed by atoms with Gasteiger partial charge >= 0.3 is 0 Å². The highest BCUT2D eigenvalue weighted by molar-refractivity contribution is 5.82. The van der Waals surface area contributed by atoms with Gasteiger partial charge in [-0.25, -0.2) is 0 Å². The second-order valence-corrected chi connectivity index (χ2v) is 14.9. The Morgan fingerprint density at radius 3 is 2.56 bits per heavy atom. The van der Waals surface area contributed by atoms with Gasteiger partial charge in [-0.05, 0) is 93.5 Å². The third-order valence-corrected chi connectivity index (χ3v) is 12.3. The predicted molar refractivity (Wildman–Crippen MR) is 172 cm³/mol. The van der Waals surface area contributed by atoms with Crippen molar-refractivity contribution in [1.82, 2.24) is 9.80 Å². The van der Waals surface area contributed by atoms with E-state index in [0.717, 1.165) is 74.7 Å². The average Bonchev–Trinajstić information content (AvgIpc) is 3.70. The van der Waals surface area contributed by atoms with Crippen LogP contribution in [0.4, 0.5) is 0 Å². The summed E-state index contributed by atoms with van der Waals surface area (Å²) in [5.41, 5.74) is 4.62. The minimum absolute atomic E-state index is 0.00499. The maximum absolute atomic E-state index is 14.1. The van der Waals surface area contributed by atoms with Crippen molar-refractivity contribution in [3.05, 3.63) is 94.5 Å². The molecule has 6 aliphatic rings. The van der Waals surface area contributed by atoms with Crippen LogP contribution in [0, 0.1) is 18.8 Å². The number of aryl methyl sites for hydroxylation is 1. The maximum Gasteiger partial charge on any atom is 0.226 e. The number of ether oxygens (including phenoxy) is 2. The zero-order valence-electron chi connectivity index (χ0n) is 26.3. The first-order valence-electron chi connectivity index (χ1n) is 17.3. The molecule has 234 valence electrons. The largest absolute Gasteiger partial charge is 0.485 e. The molecule has 2 saturated carbocycles. The quantitative estimate of drug-likeness (QED) is 0.363. The molecule has 6 nitrogen and oxygen atoms in total. The number of hydrogen-bond acceptors (Lipinski definition) is 5. The number of aliphatic hydroxyl groups is 1. The van der Waals surface area contributed by atoms with Crippen LogP contribution in [-0.2, 0) is 29.7 Å². The first-order valence-corrected chi connectivity index (χ1v) is 17.3. The number of nitrogens with zero attached hydrogens (tertiary/aromatic N) is 2. The van der Waals surface area contributed by atoms with Crippen LogP contribution in [0.25, 0.3) is 0 Å². The van der Waals surface area contributed by atoms with E-state index in [1.165, 1.54) is 35.1 Å². The molecule has 45 heavy (non-hydrogen) atoms. The molecular weight excluding hydrogens is 560 g/mol. The topological polar surface area (TPSA) is 62.2 Å². The number of benzene rings is 3. The molecule has 3 aliphatic carbocycles. The zero-order chi connectivity index (χ0) is 30.3. The van der Waals surface area contributed by atoms with Crippen molar-refractivity contribution in [2.75, 3.05) is 19.6 Å². The summed E-state index contributed by atoms with van der Waals surface area (Å²) in [4.78, 5) is 18.9. The number of amides is 1. The molecule has 1 N–H and O–H groups in total. The van der Waals surface area contributed by atoms with Gasteiger partial charge < -0.3 is 19.5 Å². The van der Waals surface area contributed by atoms with Crippen molar-refractivity contribution in [1.29, 1.82) is 0 Å². The molecule has 3 heterocycles. The van der Waals surface area contributed by atoms with E-state index in [-0.39, 0.29) is 30.0 Å². The Morgan fingerprint density at radius 1 is 0.933 bits per heavy atom. The van der Waals surface area contributed by atoms with Crippen molar-refractivity contribution in [2.45, 2.75) is 94.1 Å². The van der Waals surface area contributed by atoms with Crippen LogP contribution in [0.2, 0.25) is 0 Å². The maximum atomic E-state index is 14.1. The summed E-state index contributed by atoms with van der Waals surface area (Å²) in [5, 5.41) is 13.0. The number of carbonyl (C=O) groups is 1. The summed E-state index contributed by atoms with van der Waals surface area (Å²) in [5.74, 6) is 2.59. The highest BCUT2D eigenvalue weighted by atomic mass is 16.5. The summed E-state index contributed by atoms with van der Waals surface area (Å²) in [6.45, 7) is 5.37. The molecule has 1 amide bonds. The Labute approximate surface area is 266 Å². The highest BCUT2D eigenvalue weighted by Crippen LogP contribution is 2.66. The third-order valence-electron chi connectivity index (χ3n) is 12.3. The summed E-state index contributed by atoms with van der Waals surface area (Å²) in [6, 6.07) is 23.2. The molecule has 3 aromatic carbocycles. The van der Waals surface area contributed by atoms with Crippen molar-refractivity contribution >= 4 is 5.91 Å². The van der Waals surface area contributed by atoms with Gasteiger partial charge in [-0.3, -0.25) is 9.69 Å². The summed E-state index contributed by atoms with van der Waals surface area (Å²) in [6.07, 6.45) is 7.15. The molecule has 4 fully saturated rings. The van der Waals surface area contributed by atoms with E-state index in [4.69, 9.17) is 9.47 Å². The molecule has 0 aromatic heterocycles. The Bertz CT molecular complexity index is 1620. The number of hydrogen-bond donors (Lipinski definition) is 1. The molecule has 0 radical (unpaired) electrons. The van der Waals surface area contributed by atoms with E-state index >= 15 is 0 Å². The minimum Gasteiger partial charge on any atom is -0.485 e. The van der Waals surface area contributed by atoms with Gasteiger partial charge in [0.2, 0.25) is 5.91 Å². The lowest BCUT2D eigenvalue weighted by Crippen LogP contribution is -2.78. The third kappa shape index (κ3) is 4.24. The van der Waals surface area contributed by atoms with Crippen LogP contribution < -0.4 is 9.47 Å². The number of carbonyl (C=O) groups excluding carboxylic acids is 1. The van der Waals surface area contributed by atoms with Crippen LogP contribution in [0.3, 0.4) is 0 Å². The van der Waals surface area contributed by atoms with Gasteiger partial charge in [0.05, 0.1) is 17.1 Å². The van der Waals surface area contributed by atoms with Gasteiger partial charge in [0, 0.05) is 30.6 Å². The Kier molecular flexibility index (Phi) is 6.41. The SMILES string of the molecule is Cc1ccc(CC2CCN([C@H]3CCC4(O)[C@H]5Cc6ccc(OCc7ccccc7)c7c6[C@@]4(CCN5CC4CC4)[C@H]3O7)C2=O)cc1. The van der Waals surface area contributed by atoms with Crippen LogP contribution in [-0.4, -0.2) is 64.2 Å². The normalized spacial score (nSPS) is 33.2. The van der Waals surface area contributed by atoms with Crippen LogP contribution in [0.5, 0.6) is 11.5 Å². The van der Waals surface area contributed by atoms with Crippen molar-refractivity contribution < 1.29 is 19.4 Å². The van der Waals surface area contributed by atoms with Crippen molar-refractivity contribution in [3.63, 3.8) is 0 Å². The second-order valence-electron chi connectivity index (χ2n) is 14.9. The Morgan fingerprint density at radius 2 is 1.76 bits per heavy atom. The zero-order valence-corrected chi connectivity index (χ0v) is 26.3. The van der Waals surface area contributed by atoms with Gasteiger partial charge in [-0.15, -0.1) is 0 Å². The van der Waals surface area contributed by atoms with Crippen LogP contribution >= 0.6 is 0 Å². The van der Waals surface area contributed by atoms with Crippen LogP contribution in [0.1, 0.15) is 66.3 Å². The van der Waals surface area contributed by atoms with E-state index < -0.39 is 11.0 Å². The van der Waals surface area contributed by atoms with E-state index in [0.29, 0.717) is 13.0 Å². The van der Waals surface area contributed by atoms with E-state index in [1.54, 1.807) is 0 Å². The molecule has 2 bridgehead atoms.